The zero-order chi connectivity index (χ0) is 25.2. The molecule has 8 heteroatoms. The minimum Gasteiger partial charge on any atom is -0.445 e. The molecule has 1 aliphatic rings. The van der Waals surface area contributed by atoms with Crippen LogP contribution in [0.25, 0.3) is 0 Å². The standard InChI is InChI=1S/C28H32N4O4/c33-20-24(29-28(35)36-21-22-9-3-1-4-10-22)19-23-11-7-8-14-26(23)27(34)30-32-17-15-31(16-18-32)25-12-5-2-6-13-25/h1-14,24,33H,15-21H2,(H,29,35)(H,30,34)/t24-/m1/s1. The molecule has 8 nitrogen and oxygen atoms in total. The SMILES string of the molecule is O=C(N[C@@H](CO)Cc1ccccc1C(=O)NN1CCN(c2ccccc2)CC1)OCc1ccccc1. The minimum absolute atomic E-state index is 0.140. The molecular weight excluding hydrogens is 456 g/mol. The Morgan fingerprint density at radius 1 is 0.861 bits per heavy atom. The first kappa shape index (κ1) is 25.2. The number of amides is 2. The second kappa shape index (κ2) is 12.7. The largest absolute Gasteiger partial charge is 0.445 e. The molecule has 0 saturated carbocycles. The van der Waals surface area contributed by atoms with Gasteiger partial charge in [-0.15, -0.1) is 0 Å². The first-order chi connectivity index (χ1) is 17.6. The van der Waals surface area contributed by atoms with Gasteiger partial charge in [-0.25, -0.2) is 9.80 Å². The molecule has 3 N–H and O–H groups in total. The van der Waals surface area contributed by atoms with Crippen LogP contribution in [0.2, 0.25) is 0 Å². The van der Waals surface area contributed by atoms with Crippen molar-refractivity contribution in [3.8, 4) is 0 Å². The third-order valence-corrected chi connectivity index (χ3v) is 6.14. The van der Waals surface area contributed by atoms with Gasteiger partial charge < -0.3 is 20.1 Å². The molecule has 3 aromatic rings. The lowest BCUT2D eigenvalue weighted by Gasteiger charge is -2.36. The smallest absolute Gasteiger partial charge is 0.407 e. The summed E-state index contributed by atoms with van der Waals surface area (Å²) in [6, 6.07) is 26.3. The quantitative estimate of drug-likeness (QED) is 0.429. The molecular formula is C28H32N4O4. The maximum Gasteiger partial charge on any atom is 0.407 e. The Kier molecular flexibility index (Phi) is 8.91. The van der Waals surface area contributed by atoms with E-state index in [1.165, 1.54) is 5.69 Å². The maximum absolute atomic E-state index is 13.1. The van der Waals surface area contributed by atoms with Gasteiger partial charge in [0.05, 0.1) is 12.6 Å². The van der Waals surface area contributed by atoms with Crippen LogP contribution < -0.4 is 15.6 Å². The van der Waals surface area contributed by atoms with Crippen molar-refractivity contribution >= 4 is 17.7 Å². The van der Waals surface area contributed by atoms with E-state index in [-0.39, 0.29) is 19.1 Å². The average Bonchev–Trinajstić information content (AvgIpc) is 2.93. The van der Waals surface area contributed by atoms with Gasteiger partial charge in [0.1, 0.15) is 6.61 Å². The molecule has 1 aliphatic heterocycles. The third kappa shape index (κ3) is 7.07. The van der Waals surface area contributed by atoms with E-state index < -0.39 is 12.1 Å². The predicted molar refractivity (Wildman–Crippen MR) is 138 cm³/mol. The van der Waals surface area contributed by atoms with Crippen molar-refractivity contribution in [1.82, 2.24) is 15.8 Å². The van der Waals surface area contributed by atoms with Crippen molar-refractivity contribution < 1.29 is 19.4 Å². The Morgan fingerprint density at radius 2 is 1.50 bits per heavy atom. The molecule has 2 amide bonds. The molecule has 1 heterocycles. The van der Waals surface area contributed by atoms with Crippen LogP contribution in [0.3, 0.4) is 0 Å². The number of hydrazine groups is 1. The highest BCUT2D eigenvalue weighted by molar-refractivity contribution is 5.95. The molecule has 36 heavy (non-hydrogen) atoms. The van der Waals surface area contributed by atoms with E-state index in [1.807, 2.05) is 65.7 Å². The van der Waals surface area contributed by atoms with Crippen LogP contribution in [0.4, 0.5) is 10.5 Å². The number of ether oxygens (including phenoxy) is 1. The topological polar surface area (TPSA) is 94.1 Å². The minimum atomic E-state index is -0.615. The Morgan fingerprint density at radius 3 is 2.19 bits per heavy atom. The average molecular weight is 489 g/mol. The van der Waals surface area contributed by atoms with Gasteiger partial charge in [0.15, 0.2) is 0 Å². The molecule has 1 saturated heterocycles. The van der Waals surface area contributed by atoms with Crippen LogP contribution >= 0.6 is 0 Å². The highest BCUT2D eigenvalue weighted by Gasteiger charge is 2.22. The monoisotopic (exact) mass is 488 g/mol. The van der Waals surface area contributed by atoms with Gasteiger partial charge in [0.2, 0.25) is 0 Å². The summed E-state index contributed by atoms with van der Waals surface area (Å²) in [6.07, 6.45) is -0.321. The molecule has 1 fully saturated rings. The number of hydrogen-bond donors (Lipinski definition) is 3. The van der Waals surface area contributed by atoms with E-state index >= 15 is 0 Å². The molecule has 1 atom stereocenters. The summed E-state index contributed by atoms with van der Waals surface area (Å²) in [6.45, 7) is 2.90. The van der Waals surface area contributed by atoms with E-state index in [0.717, 1.165) is 24.2 Å². The number of aliphatic hydroxyl groups is 1. The number of carbonyl (C=O) groups excluding carboxylic acids is 2. The number of alkyl carbamates (subject to hydrolysis) is 1. The van der Waals surface area contributed by atoms with Gasteiger partial charge in [0.25, 0.3) is 5.91 Å². The summed E-state index contributed by atoms with van der Waals surface area (Å²) in [4.78, 5) is 27.6. The Balaban J connectivity index is 1.30. The van der Waals surface area contributed by atoms with Crippen LogP contribution in [0.1, 0.15) is 21.5 Å². The second-order valence-corrected chi connectivity index (χ2v) is 8.70. The number of nitrogens with one attached hydrogen (secondary N) is 2. The van der Waals surface area contributed by atoms with Crippen molar-refractivity contribution in [2.45, 2.75) is 19.1 Å². The van der Waals surface area contributed by atoms with Crippen molar-refractivity contribution in [2.24, 2.45) is 0 Å². The highest BCUT2D eigenvalue weighted by atomic mass is 16.5. The predicted octanol–water partition coefficient (Wildman–Crippen LogP) is 2.98. The Labute approximate surface area is 211 Å². The van der Waals surface area contributed by atoms with E-state index in [1.54, 1.807) is 12.1 Å². The molecule has 188 valence electrons. The summed E-state index contributed by atoms with van der Waals surface area (Å²) in [5, 5.41) is 14.5. The fraction of sp³-hybridized carbons (Fsp3) is 0.286. The lowest BCUT2D eigenvalue weighted by molar-refractivity contribution is 0.0776. The van der Waals surface area contributed by atoms with Gasteiger partial charge in [-0.1, -0.05) is 66.7 Å². The van der Waals surface area contributed by atoms with Gasteiger partial charge in [0, 0.05) is 37.4 Å². The van der Waals surface area contributed by atoms with Gasteiger partial charge in [-0.3, -0.25) is 10.2 Å². The van der Waals surface area contributed by atoms with E-state index in [2.05, 4.69) is 27.8 Å². The first-order valence-corrected chi connectivity index (χ1v) is 12.1. The number of carbonyl (C=O) groups is 2. The van der Waals surface area contributed by atoms with Crippen LogP contribution in [-0.2, 0) is 17.8 Å². The van der Waals surface area contributed by atoms with E-state index in [0.29, 0.717) is 25.1 Å². The van der Waals surface area contributed by atoms with Crippen LogP contribution in [-0.4, -0.2) is 60.9 Å². The number of nitrogens with zero attached hydrogens (tertiary/aromatic N) is 2. The first-order valence-electron chi connectivity index (χ1n) is 12.1. The maximum atomic E-state index is 13.1. The number of para-hydroxylation sites is 1. The van der Waals surface area contributed by atoms with E-state index in [4.69, 9.17) is 4.74 Å². The number of aliphatic hydroxyl groups excluding tert-OH is 1. The number of rotatable bonds is 9. The number of piperazine rings is 1. The molecule has 3 aromatic carbocycles. The van der Waals surface area contributed by atoms with Crippen molar-refractivity contribution in [1.29, 1.82) is 0 Å². The third-order valence-electron chi connectivity index (χ3n) is 6.14. The number of hydrogen-bond acceptors (Lipinski definition) is 6. The zero-order valence-electron chi connectivity index (χ0n) is 20.2. The summed E-state index contributed by atoms with van der Waals surface area (Å²) in [5.41, 5.74) is 6.32. The van der Waals surface area contributed by atoms with Gasteiger partial charge >= 0.3 is 6.09 Å². The molecule has 0 spiro atoms. The van der Waals surface area contributed by atoms with E-state index in [9.17, 15) is 14.7 Å². The molecule has 0 radical (unpaired) electrons. The van der Waals surface area contributed by atoms with Gasteiger partial charge in [-0.2, -0.15) is 0 Å². The highest BCUT2D eigenvalue weighted by Crippen LogP contribution is 2.16. The summed E-state index contributed by atoms with van der Waals surface area (Å²) in [7, 11) is 0. The number of anilines is 1. The molecule has 0 unspecified atom stereocenters. The summed E-state index contributed by atoms with van der Waals surface area (Å²) < 4.78 is 5.27. The van der Waals surface area contributed by atoms with Crippen molar-refractivity contribution in [3.05, 3.63) is 102 Å². The van der Waals surface area contributed by atoms with Crippen LogP contribution in [0.15, 0.2) is 84.9 Å². The molecule has 0 aliphatic carbocycles. The van der Waals surface area contributed by atoms with Crippen LogP contribution in [0, 0.1) is 0 Å². The second-order valence-electron chi connectivity index (χ2n) is 8.70. The number of benzene rings is 3. The molecule has 0 bridgehead atoms. The zero-order valence-corrected chi connectivity index (χ0v) is 20.2. The molecule has 0 aromatic heterocycles. The normalized spacial score (nSPS) is 14.6. The van der Waals surface area contributed by atoms with Crippen LogP contribution in [0.5, 0.6) is 0 Å². The van der Waals surface area contributed by atoms with Crippen molar-refractivity contribution in [2.75, 3.05) is 37.7 Å². The Bertz CT molecular complexity index is 1120. The van der Waals surface area contributed by atoms with Gasteiger partial charge in [-0.05, 0) is 35.7 Å². The summed E-state index contributed by atoms with van der Waals surface area (Å²) in [5.74, 6) is -0.206. The lowest BCUT2D eigenvalue weighted by Crippen LogP contribution is -2.53. The fourth-order valence-corrected chi connectivity index (χ4v) is 4.20. The molecule has 4 rings (SSSR count). The van der Waals surface area contributed by atoms with Crippen molar-refractivity contribution in [3.63, 3.8) is 0 Å². The summed E-state index contributed by atoms with van der Waals surface area (Å²) >= 11 is 0. The lowest BCUT2D eigenvalue weighted by atomic mass is 10.00. The fourth-order valence-electron chi connectivity index (χ4n) is 4.20. The Hall–Kier alpha value is -3.88.